The van der Waals surface area contributed by atoms with Gasteiger partial charge in [0.05, 0.1) is 30.0 Å². The van der Waals surface area contributed by atoms with Crippen molar-refractivity contribution in [1.29, 1.82) is 0 Å². The van der Waals surface area contributed by atoms with Gasteiger partial charge in [-0.25, -0.2) is 9.78 Å². The van der Waals surface area contributed by atoms with E-state index < -0.39 is 41.7 Å². The number of benzene rings is 3. The zero-order chi connectivity index (χ0) is 45.9. The number of fused-ring (bicyclic) bond motifs is 1. The van der Waals surface area contributed by atoms with E-state index in [-0.39, 0.29) is 73.4 Å². The Morgan fingerprint density at radius 1 is 0.875 bits per heavy atom. The second kappa shape index (κ2) is 18.5. The van der Waals surface area contributed by atoms with Crippen LogP contribution in [0.2, 0.25) is 0 Å². The smallest absolute Gasteiger partial charge is 0.419 e. The molecule has 7 rings (SSSR count). The summed E-state index contributed by atoms with van der Waals surface area (Å²) >= 11 is 0. The minimum Gasteiger partial charge on any atom is -0.497 e. The van der Waals surface area contributed by atoms with E-state index in [0.717, 1.165) is 27.3 Å². The number of halogens is 3. The topological polar surface area (TPSA) is 157 Å². The summed E-state index contributed by atoms with van der Waals surface area (Å²) in [6, 6.07) is 21.2. The molecule has 0 aliphatic carbocycles. The van der Waals surface area contributed by atoms with E-state index >= 15 is 0 Å². The van der Waals surface area contributed by atoms with E-state index in [9.17, 15) is 32.3 Å². The molecule has 1 N–H and O–H groups in total. The maximum absolute atomic E-state index is 14.0. The molecule has 17 heteroatoms. The van der Waals surface area contributed by atoms with Crippen LogP contribution in [0.25, 0.3) is 11.3 Å². The van der Waals surface area contributed by atoms with Gasteiger partial charge >= 0.3 is 12.3 Å². The van der Waals surface area contributed by atoms with Crippen molar-refractivity contribution in [2.75, 3.05) is 7.11 Å². The molecule has 0 saturated carbocycles. The average molecular weight is 885 g/mol. The van der Waals surface area contributed by atoms with Crippen molar-refractivity contribution in [3.05, 3.63) is 125 Å². The standard InChI is InChI=1S/C47H47F3N4O10/c1-27(62-28(2)63-35-15-16-36-32(19-35)23-53(44(36)57)38-17-18-41(55)52-43(38)56)31-11-7-29(8-12-31)26-61-42-21-40(60-25-30-9-13-34(59-6)14-10-30)37(22-51-42)39-20-33(47(48,49)50)24-54(39)45(58)64-46(3,4)5/h7-16,19-22,24,27-28,38H,17-18,23,25-26H2,1-6H3,(H,52,55,56). The lowest BCUT2D eigenvalue weighted by Gasteiger charge is -2.29. The van der Waals surface area contributed by atoms with Gasteiger partial charge in [0.25, 0.3) is 5.91 Å². The van der Waals surface area contributed by atoms with Crippen LogP contribution in [0.3, 0.4) is 0 Å². The van der Waals surface area contributed by atoms with E-state index in [4.69, 9.17) is 28.4 Å². The lowest BCUT2D eigenvalue weighted by Crippen LogP contribution is -2.52. The highest BCUT2D eigenvalue weighted by atomic mass is 19.4. The summed E-state index contributed by atoms with van der Waals surface area (Å²) in [6.07, 6.45) is -4.42. The fraction of sp³-hybridized carbons (Fsp3) is 0.340. The maximum Gasteiger partial charge on any atom is 0.419 e. The molecular formula is C47H47F3N4O10. The second-order valence-corrected chi connectivity index (χ2v) is 16.3. The number of methoxy groups -OCH3 is 1. The molecule has 3 amide bonds. The van der Waals surface area contributed by atoms with Crippen LogP contribution in [-0.4, -0.2) is 63.3 Å². The van der Waals surface area contributed by atoms with Gasteiger partial charge in [-0.15, -0.1) is 0 Å². The number of imide groups is 1. The SMILES string of the molecule is COc1ccc(COc2cc(OCc3ccc(C(C)OC(C)Oc4ccc5c(c4)CN(C4CCC(=O)NC4=O)C5=O)cc3)ncc2-c2cc(C(F)(F)F)cn2C(=O)OC(C)(C)C)cc1. The van der Waals surface area contributed by atoms with Gasteiger partial charge in [0, 0.05) is 37.0 Å². The Bertz CT molecular complexity index is 2530. The van der Waals surface area contributed by atoms with Crippen LogP contribution in [-0.2, 0) is 45.0 Å². The van der Waals surface area contributed by atoms with E-state index in [1.807, 2.05) is 31.2 Å². The Labute approximate surface area is 367 Å². The van der Waals surface area contributed by atoms with Crippen LogP contribution in [0.5, 0.6) is 23.1 Å². The number of amides is 3. The molecule has 0 radical (unpaired) electrons. The molecule has 1 saturated heterocycles. The predicted octanol–water partition coefficient (Wildman–Crippen LogP) is 8.78. The second-order valence-electron chi connectivity index (χ2n) is 16.3. The molecule has 3 aromatic carbocycles. The zero-order valence-corrected chi connectivity index (χ0v) is 36.0. The van der Waals surface area contributed by atoms with E-state index in [1.54, 1.807) is 77.3 Å². The van der Waals surface area contributed by atoms with E-state index in [2.05, 4.69) is 10.3 Å². The normalized spacial score (nSPS) is 16.2. The van der Waals surface area contributed by atoms with Crippen molar-refractivity contribution in [2.45, 2.75) is 97.4 Å². The number of nitrogens with zero attached hydrogens (tertiary/aromatic N) is 3. The number of hydrogen-bond donors (Lipinski definition) is 1. The van der Waals surface area contributed by atoms with Gasteiger partial charge < -0.3 is 33.3 Å². The molecule has 2 aliphatic rings. The van der Waals surface area contributed by atoms with Gasteiger partial charge in [-0.3, -0.25) is 24.3 Å². The van der Waals surface area contributed by atoms with Crippen LogP contribution in [0.15, 0.2) is 91.3 Å². The van der Waals surface area contributed by atoms with Crippen molar-refractivity contribution in [1.82, 2.24) is 19.8 Å². The van der Waals surface area contributed by atoms with Crippen molar-refractivity contribution in [3.63, 3.8) is 0 Å². The molecule has 0 bridgehead atoms. The van der Waals surface area contributed by atoms with Gasteiger partial charge in [0.2, 0.25) is 17.7 Å². The minimum absolute atomic E-state index is 0.0185. The van der Waals surface area contributed by atoms with Gasteiger partial charge in [0.15, 0.2) is 6.29 Å². The van der Waals surface area contributed by atoms with Crippen LogP contribution in [0.1, 0.15) is 91.7 Å². The molecule has 2 aromatic heterocycles. The third-order valence-corrected chi connectivity index (χ3v) is 10.4. The summed E-state index contributed by atoms with van der Waals surface area (Å²) in [7, 11) is 1.54. The molecule has 336 valence electrons. The van der Waals surface area contributed by atoms with Crippen LogP contribution >= 0.6 is 0 Å². The summed E-state index contributed by atoms with van der Waals surface area (Å²) in [5.74, 6) is 0.250. The largest absolute Gasteiger partial charge is 0.497 e. The van der Waals surface area contributed by atoms with E-state index in [0.29, 0.717) is 28.8 Å². The Hall–Kier alpha value is -6.88. The first-order valence-electron chi connectivity index (χ1n) is 20.5. The molecule has 5 aromatic rings. The summed E-state index contributed by atoms with van der Waals surface area (Å²) < 4.78 is 77.9. The summed E-state index contributed by atoms with van der Waals surface area (Å²) in [5.41, 5.74) is 1.47. The number of nitrogens with one attached hydrogen (secondary N) is 1. The van der Waals surface area contributed by atoms with Gasteiger partial charge in [-0.05, 0) is 99.7 Å². The zero-order valence-electron chi connectivity index (χ0n) is 36.0. The summed E-state index contributed by atoms with van der Waals surface area (Å²) in [4.78, 5) is 56.2. The first-order chi connectivity index (χ1) is 30.3. The molecule has 1 fully saturated rings. The number of rotatable bonds is 14. The quantitative estimate of drug-likeness (QED) is 0.0840. The highest BCUT2D eigenvalue weighted by Gasteiger charge is 2.39. The molecular weight excluding hydrogens is 838 g/mol. The minimum atomic E-state index is -4.76. The fourth-order valence-corrected chi connectivity index (χ4v) is 7.23. The number of pyridine rings is 1. The molecule has 0 spiro atoms. The monoisotopic (exact) mass is 884 g/mol. The summed E-state index contributed by atoms with van der Waals surface area (Å²) in [5, 5.41) is 2.30. The fourth-order valence-electron chi connectivity index (χ4n) is 7.23. The molecule has 14 nitrogen and oxygen atoms in total. The number of ether oxygens (including phenoxy) is 6. The third kappa shape index (κ3) is 10.7. The number of aromatic nitrogens is 2. The highest BCUT2D eigenvalue weighted by molar-refractivity contribution is 6.05. The first-order valence-corrected chi connectivity index (χ1v) is 20.5. The third-order valence-electron chi connectivity index (χ3n) is 10.4. The predicted molar refractivity (Wildman–Crippen MR) is 224 cm³/mol. The van der Waals surface area contributed by atoms with Crippen molar-refractivity contribution < 1.29 is 60.8 Å². The number of hydrogen-bond acceptors (Lipinski definition) is 11. The summed E-state index contributed by atoms with van der Waals surface area (Å²) in [6.45, 7) is 8.78. The first kappa shape index (κ1) is 45.2. The highest BCUT2D eigenvalue weighted by Crippen LogP contribution is 2.39. The molecule has 4 heterocycles. The van der Waals surface area contributed by atoms with Crippen molar-refractivity contribution >= 4 is 23.8 Å². The number of carbonyl (C=O) groups excluding carboxylic acids is 4. The molecule has 3 atom stereocenters. The molecule has 64 heavy (non-hydrogen) atoms. The molecule has 3 unspecified atom stereocenters. The lowest BCUT2D eigenvalue weighted by molar-refractivity contribution is -0.138. The lowest BCUT2D eigenvalue weighted by atomic mass is 10.0. The Balaban J connectivity index is 1.01. The van der Waals surface area contributed by atoms with Crippen molar-refractivity contribution in [2.24, 2.45) is 0 Å². The number of alkyl halides is 3. The average Bonchev–Trinajstić information content (AvgIpc) is 3.84. The van der Waals surface area contributed by atoms with Crippen LogP contribution < -0.4 is 24.3 Å². The van der Waals surface area contributed by atoms with Gasteiger partial charge in [-0.2, -0.15) is 13.2 Å². The van der Waals surface area contributed by atoms with Gasteiger partial charge in [0.1, 0.15) is 42.1 Å². The Morgan fingerprint density at radius 3 is 2.20 bits per heavy atom. The van der Waals surface area contributed by atoms with E-state index in [1.165, 1.54) is 17.2 Å². The number of carbonyl (C=O) groups is 4. The Kier molecular flexibility index (Phi) is 13.0. The van der Waals surface area contributed by atoms with Crippen molar-refractivity contribution in [3.8, 4) is 34.4 Å². The van der Waals surface area contributed by atoms with Crippen LogP contribution in [0, 0.1) is 0 Å². The van der Waals surface area contributed by atoms with Gasteiger partial charge in [-0.1, -0.05) is 36.4 Å². The number of piperidine rings is 1. The molecule has 2 aliphatic heterocycles. The van der Waals surface area contributed by atoms with Crippen LogP contribution in [0.4, 0.5) is 18.0 Å². The maximum atomic E-state index is 14.0. The Morgan fingerprint density at radius 2 is 1.55 bits per heavy atom.